The monoisotopic (exact) mass is 190 g/mol. The maximum absolute atomic E-state index is 13.4. The molecule has 1 N–H and O–H groups in total. The Hall–Kier alpha value is -1.64. The van der Waals surface area contributed by atoms with Gasteiger partial charge in [0, 0.05) is 12.4 Å². The molecule has 2 nitrogen and oxygen atoms in total. The number of halogens is 1. The summed E-state index contributed by atoms with van der Waals surface area (Å²) in [5.41, 5.74) is 1.47. The minimum Gasteiger partial charge on any atom is -0.373 e. The Morgan fingerprint density at radius 3 is 2.71 bits per heavy atom. The number of aryl methyl sites for hydroxylation is 1. The maximum atomic E-state index is 13.4. The van der Waals surface area contributed by atoms with Gasteiger partial charge in [0.1, 0.15) is 17.2 Å². The third-order valence-corrected chi connectivity index (χ3v) is 2.28. The zero-order chi connectivity index (χ0) is 10.1. The first-order chi connectivity index (χ1) is 6.72. The van der Waals surface area contributed by atoms with E-state index in [1.807, 2.05) is 19.1 Å². The minimum atomic E-state index is -0.275. The second-order valence-electron chi connectivity index (χ2n) is 3.21. The quantitative estimate of drug-likeness (QED) is 0.747. The van der Waals surface area contributed by atoms with Crippen LogP contribution in [0.3, 0.4) is 0 Å². The molecule has 0 bridgehead atoms. The van der Waals surface area contributed by atoms with Gasteiger partial charge in [0.2, 0.25) is 0 Å². The first-order valence-electron chi connectivity index (χ1n) is 4.46. The fourth-order valence-corrected chi connectivity index (χ4v) is 1.47. The number of hydrogen-bond acceptors (Lipinski definition) is 2. The summed E-state index contributed by atoms with van der Waals surface area (Å²) in [5.74, 6) is 0.407. The topological polar surface area (TPSA) is 24.9 Å². The number of nitrogens with zero attached hydrogens (tertiary/aromatic N) is 1. The zero-order valence-corrected chi connectivity index (χ0v) is 8.13. The van der Waals surface area contributed by atoms with Gasteiger partial charge in [-0.3, -0.25) is 0 Å². The molecule has 0 spiro atoms. The normalized spacial score (nSPS) is 10.5. The molecule has 0 unspecified atom stereocenters. The molecule has 0 saturated heterocycles. The third kappa shape index (κ3) is 1.31. The predicted molar refractivity (Wildman–Crippen MR) is 56.0 cm³/mol. The van der Waals surface area contributed by atoms with Crippen molar-refractivity contribution in [2.75, 3.05) is 12.4 Å². The van der Waals surface area contributed by atoms with Crippen LogP contribution in [0.1, 0.15) is 5.56 Å². The molecule has 2 rings (SSSR count). The Morgan fingerprint density at radius 2 is 2.00 bits per heavy atom. The Morgan fingerprint density at radius 1 is 1.21 bits per heavy atom. The summed E-state index contributed by atoms with van der Waals surface area (Å²) in [6.07, 6.45) is 0. The summed E-state index contributed by atoms with van der Waals surface area (Å²) in [6.45, 7) is 1.95. The predicted octanol–water partition coefficient (Wildman–Crippen LogP) is 2.72. The molecule has 0 aliphatic carbocycles. The second-order valence-corrected chi connectivity index (χ2v) is 3.21. The highest BCUT2D eigenvalue weighted by Gasteiger charge is 2.04. The number of anilines is 1. The number of fused-ring (bicyclic) bond motifs is 1. The fourth-order valence-electron chi connectivity index (χ4n) is 1.47. The molecule has 1 aromatic heterocycles. The van der Waals surface area contributed by atoms with E-state index in [9.17, 15) is 4.39 Å². The SMILES string of the molecule is CNc1ccc2c(C)ccc(F)c2n1. The lowest BCUT2D eigenvalue weighted by Gasteiger charge is -2.04. The number of nitrogens with one attached hydrogen (secondary N) is 1. The molecule has 1 heterocycles. The van der Waals surface area contributed by atoms with Gasteiger partial charge in [-0.05, 0) is 30.7 Å². The standard InChI is InChI=1S/C11H11FN2/c1-7-3-5-9(12)11-8(7)4-6-10(13-2)14-11/h3-6H,1-2H3,(H,13,14). The summed E-state index contributed by atoms with van der Waals surface area (Å²) in [4.78, 5) is 4.17. The molecule has 0 amide bonds. The van der Waals surface area contributed by atoms with Crippen molar-refractivity contribution < 1.29 is 4.39 Å². The van der Waals surface area contributed by atoms with Crippen LogP contribution in [0.15, 0.2) is 24.3 Å². The Balaban J connectivity index is 2.80. The van der Waals surface area contributed by atoms with Crippen molar-refractivity contribution in [1.29, 1.82) is 0 Å². The highest BCUT2D eigenvalue weighted by atomic mass is 19.1. The van der Waals surface area contributed by atoms with E-state index in [2.05, 4.69) is 10.3 Å². The highest BCUT2D eigenvalue weighted by molar-refractivity contribution is 5.83. The van der Waals surface area contributed by atoms with E-state index in [-0.39, 0.29) is 5.82 Å². The lowest BCUT2D eigenvalue weighted by molar-refractivity contribution is 0.636. The van der Waals surface area contributed by atoms with Gasteiger partial charge >= 0.3 is 0 Å². The van der Waals surface area contributed by atoms with Crippen LogP contribution in [-0.2, 0) is 0 Å². The average molecular weight is 190 g/mol. The van der Waals surface area contributed by atoms with Crippen molar-refractivity contribution in [2.45, 2.75) is 6.92 Å². The lowest BCUT2D eigenvalue weighted by Crippen LogP contribution is -1.94. The van der Waals surface area contributed by atoms with E-state index < -0.39 is 0 Å². The molecule has 0 saturated carbocycles. The molecule has 0 aliphatic heterocycles. The maximum Gasteiger partial charge on any atom is 0.149 e. The van der Waals surface area contributed by atoms with Crippen molar-refractivity contribution in [3.63, 3.8) is 0 Å². The van der Waals surface area contributed by atoms with Gasteiger partial charge < -0.3 is 5.32 Å². The van der Waals surface area contributed by atoms with Crippen LogP contribution in [0.5, 0.6) is 0 Å². The largest absolute Gasteiger partial charge is 0.373 e. The van der Waals surface area contributed by atoms with Gasteiger partial charge in [-0.2, -0.15) is 0 Å². The molecule has 72 valence electrons. The van der Waals surface area contributed by atoms with Crippen molar-refractivity contribution in [3.05, 3.63) is 35.6 Å². The molecule has 14 heavy (non-hydrogen) atoms. The van der Waals surface area contributed by atoms with Gasteiger partial charge in [-0.1, -0.05) is 6.07 Å². The van der Waals surface area contributed by atoms with Gasteiger partial charge in [0.05, 0.1) is 0 Å². The smallest absolute Gasteiger partial charge is 0.149 e. The van der Waals surface area contributed by atoms with Crippen molar-refractivity contribution in [3.8, 4) is 0 Å². The van der Waals surface area contributed by atoms with Gasteiger partial charge in [-0.25, -0.2) is 9.37 Å². The van der Waals surface area contributed by atoms with Crippen LogP contribution in [-0.4, -0.2) is 12.0 Å². The van der Waals surface area contributed by atoms with E-state index in [0.29, 0.717) is 11.3 Å². The molecule has 0 aliphatic rings. The summed E-state index contributed by atoms with van der Waals surface area (Å²) in [6, 6.07) is 6.93. The average Bonchev–Trinajstić information content (AvgIpc) is 2.23. The number of aromatic nitrogens is 1. The molecular formula is C11H11FN2. The second kappa shape index (κ2) is 3.25. The van der Waals surface area contributed by atoms with Gasteiger partial charge in [0.15, 0.2) is 0 Å². The lowest BCUT2D eigenvalue weighted by atomic mass is 10.1. The summed E-state index contributed by atoms with van der Waals surface area (Å²) < 4.78 is 13.4. The van der Waals surface area contributed by atoms with E-state index in [4.69, 9.17) is 0 Å². The van der Waals surface area contributed by atoms with E-state index in [1.54, 1.807) is 13.1 Å². The van der Waals surface area contributed by atoms with E-state index in [0.717, 1.165) is 10.9 Å². The van der Waals surface area contributed by atoms with Crippen LogP contribution in [0.25, 0.3) is 10.9 Å². The Labute approximate surface area is 81.8 Å². The molecule has 3 heteroatoms. The van der Waals surface area contributed by atoms with Crippen LogP contribution in [0.2, 0.25) is 0 Å². The highest BCUT2D eigenvalue weighted by Crippen LogP contribution is 2.21. The van der Waals surface area contributed by atoms with Crippen molar-refractivity contribution in [1.82, 2.24) is 4.98 Å². The van der Waals surface area contributed by atoms with E-state index >= 15 is 0 Å². The van der Waals surface area contributed by atoms with Crippen LogP contribution in [0.4, 0.5) is 10.2 Å². The Bertz CT molecular complexity index is 480. The van der Waals surface area contributed by atoms with E-state index in [1.165, 1.54) is 6.07 Å². The van der Waals surface area contributed by atoms with Crippen LogP contribution in [0, 0.1) is 12.7 Å². The van der Waals surface area contributed by atoms with Gasteiger partial charge in [-0.15, -0.1) is 0 Å². The van der Waals surface area contributed by atoms with Crippen LogP contribution < -0.4 is 5.32 Å². The van der Waals surface area contributed by atoms with Crippen molar-refractivity contribution in [2.24, 2.45) is 0 Å². The molecule has 2 aromatic rings. The molecular weight excluding hydrogens is 179 g/mol. The summed E-state index contributed by atoms with van der Waals surface area (Å²) >= 11 is 0. The number of benzene rings is 1. The molecule has 0 fully saturated rings. The minimum absolute atomic E-state index is 0.275. The molecule has 0 atom stereocenters. The van der Waals surface area contributed by atoms with Crippen molar-refractivity contribution >= 4 is 16.7 Å². The molecule has 1 aromatic carbocycles. The first kappa shape index (κ1) is 8.94. The number of pyridine rings is 1. The Kier molecular flexibility index (Phi) is 2.08. The molecule has 0 radical (unpaired) electrons. The number of rotatable bonds is 1. The number of hydrogen-bond donors (Lipinski definition) is 1. The third-order valence-electron chi connectivity index (χ3n) is 2.28. The fraction of sp³-hybridized carbons (Fsp3) is 0.182. The zero-order valence-electron chi connectivity index (χ0n) is 8.13. The van der Waals surface area contributed by atoms with Crippen LogP contribution >= 0.6 is 0 Å². The first-order valence-corrected chi connectivity index (χ1v) is 4.46. The summed E-state index contributed by atoms with van der Waals surface area (Å²) in [7, 11) is 1.77. The van der Waals surface area contributed by atoms with Gasteiger partial charge in [0.25, 0.3) is 0 Å². The summed E-state index contributed by atoms with van der Waals surface area (Å²) in [5, 5.41) is 3.75.